The van der Waals surface area contributed by atoms with Crippen LogP contribution in [0.15, 0.2) is 30.4 Å². The Labute approximate surface area is 133 Å². The molecule has 0 aromatic carbocycles. The van der Waals surface area contributed by atoms with Gasteiger partial charge < -0.3 is 0 Å². The molecule has 2 nitrogen and oxygen atoms in total. The SMILES string of the molecule is CCc1sc(C)c2c1N(N)C(F)(F)/C2=C/C1C=CC=CCC1. The van der Waals surface area contributed by atoms with E-state index in [0.29, 0.717) is 22.7 Å². The first-order valence-corrected chi connectivity index (χ1v) is 8.39. The van der Waals surface area contributed by atoms with Crippen LogP contribution in [0, 0.1) is 12.8 Å². The summed E-state index contributed by atoms with van der Waals surface area (Å²) in [6.07, 6.45) is 12.1. The van der Waals surface area contributed by atoms with E-state index in [1.54, 1.807) is 17.4 Å². The Morgan fingerprint density at radius 2 is 2.23 bits per heavy atom. The average molecular weight is 322 g/mol. The predicted molar refractivity (Wildman–Crippen MR) is 89.0 cm³/mol. The van der Waals surface area contributed by atoms with Crippen molar-refractivity contribution >= 4 is 22.6 Å². The first-order chi connectivity index (χ1) is 10.5. The quantitative estimate of drug-likeness (QED) is 0.625. The average Bonchev–Trinajstić information content (AvgIpc) is 2.76. The first-order valence-electron chi connectivity index (χ1n) is 7.57. The maximum absolute atomic E-state index is 14.7. The first kappa shape index (κ1) is 15.4. The number of halogens is 2. The molecule has 0 saturated carbocycles. The molecule has 5 heteroatoms. The third-order valence-corrected chi connectivity index (χ3v) is 5.48. The summed E-state index contributed by atoms with van der Waals surface area (Å²) in [6.45, 7) is 3.87. The predicted octanol–water partition coefficient (Wildman–Crippen LogP) is 4.81. The van der Waals surface area contributed by atoms with Crippen LogP contribution in [-0.4, -0.2) is 6.05 Å². The second-order valence-electron chi connectivity index (χ2n) is 5.70. The number of anilines is 1. The minimum absolute atomic E-state index is 0.0135. The zero-order valence-electron chi connectivity index (χ0n) is 12.8. The fourth-order valence-corrected chi connectivity index (χ4v) is 4.25. The van der Waals surface area contributed by atoms with Crippen molar-refractivity contribution in [3.63, 3.8) is 0 Å². The lowest BCUT2D eigenvalue weighted by Gasteiger charge is -2.23. The van der Waals surface area contributed by atoms with E-state index in [1.807, 2.05) is 32.1 Å². The number of alkyl halides is 2. The lowest BCUT2D eigenvalue weighted by atomic mass is 9.97. The molecule has 1 unspecified atom stereocenters. The van der Waals surface area contributed by atoms with E-state index in [0.717, 1.165) is 22.6 Å². The molecule has 0 bridgehead atoms. The van der Waals surface area contributed by atoms with Gasteiger partial charge in [0.25, 0.3) is 0 Å². The summed E-state index contributed by atoms with van der Waals surface area (Å²) >= 11 is 1.56. The van der Waals surface area contributed by atoms with Crippen LogP contribution in [0.4, 0.5) is 14.5 Å². The Hall–Kier alpha value is -1.46. The fourth-order valence-electron chi connectivity index (χ4n) is 3.13. The Kier molecular flexibility index (Phi) is 3.95. The number of aryl methyl sites for hydroxylation is 2. The number of hydrogen-bond donors (Lipinski definition) is 1. The molecule has 0 radical (unpaired) electrons. The third-order valence-electron chi connectivity index (χ3n) is 4.24. The molecule has 3 rings (SSSR count). The maximum Gasteiger partial charge on any atom is 0.365 e. The highest BCUT2D eigenvalue weighted by atomic mass is 32.1. The molecule has 0 saturated heterocycles. The van der Waals surface area contributed by atoms with Gasteiger partial charge in [-0.05, 0) is 32.1 Å². The summed E-state index contributed by atoms with van der Waals surface area (Å²) in [4.78, 5) is 1.85. The van der Waals surface area contributed by atoms with Gasteiger partial charge in [0.1, 0.15) is 0 Å². The van der Waals surface area contributed by atoms with Crippen LogP contribution in [0.2, 0.25) is 0 Å². The van der Waals surface area contributed by atoms with Crippen LogP contribution in [0.25, 0.3) is 5.57 Å². The number of fused-ring (bicyclic) bond motifs is 1. The van der Waals surface area contributed by atoms with Gasteiger partial charge in [-0.15, -0.1) is 11.3 Å². The number of hydrogen-bond acceptors (Lipinski definition) is 3. The summed E-state index contributed by atoms with van der Waals surface area (Å²) in [5.41, 5.74) is 1.21. The third kappa shape index (κ3) is 2.32. The summed E-state index contributed by atoms with van der Waals surface area (Å²) in [5, 5.41) is 0.662. The Morgan fingerprint density at radius 1 is 1.45 bits per heavy atom. The van der Waals surface area contributed by atoms with Gasteiger partial charge in [0.15, 0.2) is 0 Å². The molecule has 2 N–H and O–H groups in total. The molecule has 0 amide bonds. The normalized spacial score (nSPS) is 24.9. The van der Waals surface area contributed by atoms with Crippen LogP contribution in [0.3, 0.4) is 0 Å². The van der Waals surface area contributed by atoms with Crippen LogP contribution in [0.1, 0.15) is 35.1 Å². The van der Waals surface area contributed by atoms with Gasteiger partial charge in [0.05, 0.1) is 11.3 Å². The minimum Gasteiger partial charge on any atom is -0.243 e. The standard InChI is InChI=1S/C17H20F2N2S/c1-3-14-16-15(11(2)22-14)13(17(18,19)21(16)20)10-12-8-6-4-5-7-9-12/h4-6,8,10,12H,3,7,9,20H2,1-2H3/b13-10+. The highest BCUT2D eigenvalue weighted by Crippen LogP contribution is 2.53. The van der Waals surface area contributed by atoms with Crippen LogP contribution in [-0.2, 0) is 6.42 Å². The molecule has 0 fully saturated rings. The smallest absolute Gasteiger partial charge is 0.243 e. The van der Waals surface area contributed by atoms with Crippen molar-refractivity contribution in [2.45, 2.75) is 39.2 Å². The molecule has 1 atom stereocenters. The van der Waals surface area contributed by atoms with Crippen molar-refractivity contribution in [2.75, 3.05) is 5.01 Å². The van der Waals surface area contributed by atoms with Crippen molar-refractivity contribution < 1.29 is 8.78 Å². The van der Waals surface area contributed by atoms with Gasteiger partial charge in [-0.1, -0.05) is 37.3 Å². The summed E-state index contributed by atoms with van der Waals surface area (Å²) < 4.78 is 29.4. The van der Waals surface area contributed by atoms with Crippen LogP contribution >= 0.6 is 11.3 Å². The second-order valence-corrected chi connectivity index (χ2v) is 7.01. The molecule has 1 aromatic heterocycles. The maximum atomic E-state index is 14.7. The largest absolute Gasteiger partial charge is 0.365 e. The number of hydrazine groups is 1. The Balaban J connectivity index is 2.10. The molecule has 1 aromatic rings. The van der Waals surface area contributed by atoms with Gasteiger partial charge in [-0.25, -0.2) is 10.9 Å². The van der Waals surface area contributed by atoms with E-state index in [-0.39, 0.29) is 11.5 Å². The highest BCUT2D eigenvalue weighted by Gasteiger charge is 2.51. The zero-order valence-corrected chi connectivity index (χ0v) is 13.6. The van der Waals surface area contributed by atoms with Gasteiger partial charge in [-0.3, -0.25) is 0 Å². The summed E-state index contributed by atoms with van der Waals surface area (Å²) in [5.74, 6) is 5.77. The lowest BCUT2D eigenvalue weighted by molar-refractivity contribution is 0.0673. The molecular weight excluding hydrogens is 302 g/mol. The van der Waals surface area contributed by atoms with Gasteiger partial charge in [0, 0.05) is 15.3 Å². The summed E-state index contributed by atoms with van der Waals surface area (Å²) in [7, 11) is 0. The number of nitrogens with zero attached hydrogens (tertiary/aromatic N) is 1. The van der Waals surface area contributed by atoms with Crippen molar-refractivity contribution in [3.05, 3.63) is 45.7 Å². The molecule has 1 aliphatic carbocycles. The Morgan fingerprint density at radius 3 is 2.95 bits per heavy atom. The van der Waals surface area contributed by atoms with Crippen molar-refractivity contribution in [2.24, 2.45) is 11.8 Å². The van der Waals surface area contributed by atoms with Crippen LogP contribution < -0.4 is 10.9 Å². The van der Waals surface area contributed by atoms with Gasteiger partial charge in [0.2, 0.25) is 0 Å². The number of rotatable bonds is 2. The Bertz CT molecular complexity index is 670. The monoisotopic (exact) mass is 322 g/mol. The minimum atomic E-state index is -3.14. The van der Waals surface area contributed by atoms with E-state index in [4.69, 9.17) is 5.84 Å². The summed E-state index contributed by atoms with van der Waals surface area (Å²) in [6, 6.07) is -3.14. The number of thiophene rings is 1. The van der Waals surface area contributed by atoms with E-state index in [9.17, 15) is 8.78 Å². The number of allylic oxidation sites excluding steroid dienone is 5. The van der Waals surface area contributed by atoms with Gasteiger partial charge in [-0.2, -0.15) is 8.78 Å². The van der Waals surface area contributed by atoms with E-state index in [2.05, 4.69) is 6.08 Å². The second kappa shape index (κ2) is 5.63. The van der Waals surface area contributed by atoms with Crippen LogP contribution in [0.5, 0.6) is 0 Å². The zero-order chi connectivity index (χ0) is 15.9. The van der Waals surface area contributed by atoms with Crippen molar-refractivity contribution in [1.82, 2.24) is 0 Å². The van der Waals surface area contributed by atoms with E-state index >= 15 is 0 Å². The topological polar surface area (TPSA) is 29.3 Å². The van der Waals surface area contributed by atoms with E-state index in [1.165, 1.54) is 0 Å². The van der Waals surface area contributed by atoms with Gasteiger partial charge >= 0.3 is 6.05 Å². The highest BCUT2D eigenvalue weighted by molar-refractivity contribution is 7.12. The fraction of sp³-hybridized carbons (Fsp3) is 0.412. The molecule has 1 aliphatic heterocycles. The molecule has 2 aliphatic rings. The number of nitrogens with two attached hydrogens (primary N) is 1. The molecule has 0 spiro atoms. The lowest BCUT2D eigenvalue weighted by Crippen LogP contribution is -2.44. The van der Waals surface area contributed by atoms with Crippen molar-refractivity contribution in [1.29, 1.82) is 0 Å². The molecule has 118 valence electrons. The van der Waals surface area contributed by atoms with E-state index < -0.39 is 6.05 Å². The molecule has 22 heavy (non-hydrogen) atoms. The molecular formula is C17H20F2N2S. The molecule has 2 heterocycles. The van der Waals surface area contributed by atoms with Crippen molar-refractivity contribution in [3.8, 4) is 0 Å².